The van der Waals surface area contributed by atoms with E-state index in [1.165, 1.54) is 0 Å². The predicted molar refractivity (Wildman–Crippen MR) is 135 cm³/mol. The van der Waals surface area contributed by atoms with Crippen LogP contribution in [0.3, 0.4) is 0 Å². The van der Waals surface area contributed by atoms with Crippen molar-refractivity contribution in [1.29, 1.82) is 0 Å². The Kier molecular flexibility index (Phi) is 5.83. The fraction of sp³-hybridized carbons (Fsp3) is 0.286. The smallest absolute Gasteiger partial charge is 0.162 e. The van der Waals surface area contributed by atoms with Crippen molar-refractivity contribution in [3.8, 4) is 29.1 Å². The lowest BCUT2D eigenvalue weighted by Crippen LogP contribution is -2.30. The van der Waals surface area contributed by atoms with E-state index in [0.717, 1.165) is 45.1 Å². The summed E-state index contributed by atoms with van der Waals surface area (Å²) in [5.74, 6) is 8.37. The van der Waals surface area contributed by atoms with Crippen LogP contribution in [0.5, 0.6) is 17.2 Å². The van der Waals surface area contributed by atoms with Gasteiger partial charge >= 0.3 is 0 Å². The number of pyridine rings is 1. The minimum atomic E-state index is -0.557. The summed E-state index contributed by atoms with van der Waals surface area (Å²) in [6, 6.07) is 15.8. The van der Waals surface area contributed by atoms with Gasteiger partial charge in [-0.2, -0.15) is 0 Å². The van der Waals surface area contributed by atoms with E-state index in [4.69, 9.17) is 19.9 Å². The van der Waals surface area contributed by atoms with Crippen LogP contribution in [0.1, 0.15) is 43.6 Å². The van der Waals surface area contributed by atoms with Crippen LogP contribution in [0.2, 0.25) is 0 Å². The summed E-state index contributed by atoms with van der Waals surface area (Å²) in [6.45, 7) is 6.36. The van der Waals surface area contributed by atoms with Gasteiger partial charge in [-0.3, -0.25) is 0 Å². The molecule has 35 heavy (non-hydrogen) atoms. The molecule has 0 spiro atoms. The maximum Gasteiger partial charge on any atom is 0.162 e. The van der Waals surface area contributed by atoms with Gasteiger partial charge in [-0.1, -0.05) is 30.0 Å². The number of methoxy groups -OCH3 is 1. The van der Waals surface area contributed by atoms with Gasteiger partial charge < -0.3 is 24.5 Å². The summed E-state index contributed by atoms with van der Waals surface area (Å²) in [7, 11) is 1.66. The molecule has 0 amide bonds. The van der Waals surface area contributed by atoms with Crippen molar-refractivity contribution in [3.63, 3.8) is 0 Å². The van der Waals surface area contributed by atoms with Crippen molar-refractivity contribution in [2.45, 2.75) is 45.1 Å². The zero-order chi connectivity index (χ0) is 24.6. The van der Waals surface area contributed by atoms with E-state index in [-0.39, 0.29) is 12.2 Å². The third kappa shape index (κ3) is 4.93. The summed E-state index contributed by atoms with van der Waals surface area (Å²) in [6.07, 6.45) is 3.22. The molecular weight excluding hydrogens is 440 g/mol. The van der Waals surface area contributed by atoms with Crippen molar-refractivity contribution in [3.05, 3.63) is 77.7 Å². The topological polar surface area (TPSA) is 84.4 Å². The van der Waals surface area contributed by atoms with E-state index >= 15 is 0 Å². The Hall–Kier alpha value is -4.02. The predicted octanol–water partition coefficient (Wildman–Crippen LogP) is 4.48. The molecule has 178 valence electrons. The van der Waals surface area contributed by atoms with E-state index in [1.807, 2.05) is 73.9 Å². The number of nitrogens with zero attached hydrogens (tertiary/aromatic N) is 3. The van der Waals surface area contributed by atoms with Crippen LogP contribution in [0.25, 0.3) is 11.2 Å². The van der Waals surface area contributed by atoms with Gasteiger partial charge in [0, 0.05) is 11.8 Å². The van der Waals surface area contributed by atoms with Crippen molar-refractivity contribution >= 4 is 11.2 Å². The summed E-state index contributed by atoms with van der Waals surface area (Å²) in [4.78, 5) is 9.10. The lowest BCUT2D eigenvalue weighted by atomic mass is 10.0. The number of imidazole rings is 1. The molecule has 4 aromatic rings. The molecule has 0 fully saturated rings. The second-order valence-electron chi connectivity index (χ2n) is 9.33. The third-order valence-electron chi connectivity index (χ3n) is 5.78. The highest BCUT2D eigenvalue weighted by molar-refractivity contribution is 5.72. The molecule has 2 aromatic heterocycles. The Bertz CT molecular complexity index is 1420. The van der Waals surface area contributed by atoms with E-state index in [2.05, 4.69) is 21.8 Å². The Balaban J connectivity index is 1.34. The summed E-state index contributed by atoms with van der Waals surface area (Å²) in [5, 5.41) is 0. The maximum absolute atomic E-state index is 6.31. The summed E-state index contributed by atoms with van der Waals surface area (Å²) < 4.78 is 19.8. The third-order valence-corrected chi connectivity index (χ3v) is 5.78. The minimum Gasteiger partial charge on any atom is -0.497 e. The van der Waals surface area contributed by atoms with Gasteiger partial charge in [-0.25, -0.2) is 9.97 Å². The van der Waals surface area contributed by atoms with Crippen LogP contribution in [0, 0.1) is 11.8 Å². The summed E-state index contributed by atoms with van der Waals surface area (Å²) >= 11 is 0. The normalized spacial score (nSPS) is 17.1. The number of rotatable bonds is 4. The van der Waals surface area contributed by atoms with Crippen LogP contribution in [0.4, 0.5) is 0 Å². The molecule has 1 aliphatic rings. The molecule has 0 saturated heterocycles. The average molecular weight is 469 g/mol. The van der Waals surface area contributed by atoms with Gasteiger partial charge in [-0.15, -0.1) is 0 Å². The van der Waals surface area contributed by atoms with Crippen LogP contribution < -0.4 is 19.9 Å². The fourth-order valence-electron chi connectivity index (χ4n) is 4.03. The number of hydrogen-bond acceptors (Lipinski definition) is 6. The monoisotopic (exact) mass is 468 g/mol. The van der Waals surface area contributed by atoms with Crippen molar-refractivity contribution in [1.82, 2.24) is 14.5 Å². The van der Waals surface area contributed by atoms with E-state index < -0.39 is 5.54 Å². The molecule has 0 aliphatic carbocycles. The molecule has 2 N–H and O–H groups in total. The number of aromatic nitrogens is 3. The van der Waals surface area contributed by atoms with Gasteiger partial charge in [0.1, 0.15) is 17.4 Å². The Morgan fingerprint density at radius 1 is 1.06 bits per heavy atom. The molecule has 1 aliphatic heterocycles. The molecule has 0 saturated carbocycles. The van der Waals surface area contributed by atoms with Crippen molar-refractivity contribution in [2.75, 3.05) is 7.11 Å². The number of hydrogen-bond donors (Lipinski definition) is 1. The number of nitrogens with two attached hydrogens (primary N) is 1. The molecule has 7 nitrogen and oxygen atoms in total. The lowest BCUT2D eigenvalue weighted by molar-refractivity contribution is 0.0305. The second kappa shape index (κ2) is 8.97. The molecule has 3 heterocycles. The first kappa shape index (κ1) is 22.8. The largest absolute Gasteiger partial charge is 0.497 e. The van der Waals surface area contributed by atoms with Crippen LogP contribution in [-0.4, -0.2) is 33.3 Å². The standard InChI is InChI=1S/C28H28N4O3/c1-18-26(21-6-8-22(33-4)9-7-21)35-24-10-5-20(14-25(24)34-18)16-32-17-31-23-13-19(15-30-27(23)32)11-12-28(2,3)29/h5-10,13-15,17-18,26H,16,29H2,1-4H3. The minimum absolute atomic E-state index is 0.139. The average Bonchev–Trinajstić information content (AvgIpc) is 3.24. The molecular formula is C28H28N4O3. The molecule has 5 rings (SSSR count). The lowest BCUT2D eigenvalue weighted by Gasteiger charge is -2.32. The zero-order valence-electron chi connectivity index (χ0n) is 20.3. The van der Waals surface area contributed by atoms with E-state index in [1.54, 1.807) is 19.6 Å². The van der Waals surface area contributed by atoms with Gasteiger partial charge in [0.05, 0.1) is 25.5 Å². The highest BCUT2D eigenvalue weighted by atomic mass is 16.6. The second-order valence-corrected chi connectivity index (χ2v) is 9.33. The fourth-order valence-corrected chi connectivity index (χ4v) is 4.03. The Morgan fingerprint density at radius 2 is 1.86 bits per heavy atom. The van der Waals surface area contributed by atoms with E-state index in [9.17, 15) is 0 Å². The van der Waals surface area contributed by atoms with Gasteiger partial charge in [-0.05, 0) is 62.2 Å². The quantitative estimate of drug-likeness (QED) is 0.445. The Morgan fingerprint density at radius 3 is 2.60 bits per heavy atom. The highest BCUT2D eigenvalue weighted by Gasteiger charge is 2.30. The number of ether oxygens (including phenoxy) is 3. The van der Waals surface area contributed by atoms with Gasteiger partial charge in [0.25, 0.3) is 0 Å². The molecule has 2 aromatic carbocycles. The van der Waals surface area contributed by atoms with Gasteiger partial charge in [0.15, 0.2) is 23.3 Å². The Labute approximate surface area is 204 Å². The molecule has 0 radical (unpaired) electrons. The van der Waals surface area contributed by atoms with Crippen LogP contribution in [0.15, 0.2) is 61.1 Å². The first-order chi connectivity index (χ1) is 16.8. The molecule has 0 bridgehead atoms. The zero-order valence-corrected chi connectivity index (χ0v) is 20.3. The maximum atomic E-state index is 6.31. The highest BCUT2D eigenvalue weighted by Crippen LogP contribution is 2.40. The van der Waals surface area contributed by atoms with Crippen molar-refractivity contribution < 1.29 is 14.2 Å². The van der Waals surface area contributed by atoms with Crippen LogP contribution in [-0.2, 0) is 6.54 Å². The van der Waals surface area contributed by atoms with Gasteiger partial charge in [0.2, 0.25) is 0 Å². The molecule has 2 atom stereocenters. The number of benzene rings is 2. The van der Waals surface area contributed by atoms with E-state index in [0.29, 0.717) is 6.54 Å². The van der Waals surface area contributed by atoms with Crippen LogP contribution >= 0.6 is 0 Å². The first-order valence-corrected chi connectivity index (χ1v) is 11.5. The summed E-state index contributed by atoms with van der Waals surface area (Å²) in [5.41, 5.74) is 9.89. The first-order valence-electron chi connectivity index (χ1n) is 11.5. The SMILES string of the molecule is COc1ccc(C2Oc3ccc(Cn4cnc5cc(C#CC(C)(C)N)cnc54)cc3OC2C)cc1. The molecule has 2 unspecified atom stereocenters. The molecule has 7 heteroatoms. The van der Waals surface area contributed by atoms with Crippen molar-refractivity contribution in [2.24, 2.45) is 5.73 Å². The number of fused-ring (bicyclic) bond motifs is 2.